The van der Waals surface area contributed by atoms with E-state index in [2.05, 4.69) is 47.6 Å². The Bertz CT molecular complexity index is 1720. The molecular weight excluding hydrogens is 450 g/mol. The van der Waals surface area contributed by atoms with Crippen LogP contribution in [0.1, 0.15) is 13.8 Å². The van der Waals surface area contributed by atoms with Gasteiger partial charge in [0.2, 0.25) is 5.91 Å². The average molecular weight is 474 g/mol. The molecule has 0 saturated heterocycles. The van der Waals surface area contributed by atoms with Crippen molar-refractivity contribution < 1.29 is 4.79 Å². The first-order valence-corrected chi connectivity index (χ1v) is 11.7. The van der Waals surface area contributed by atoms with Crippen LogP contribution in [0.2, 0.25) is 0 Å². The number of aromatic nitrogens is 6. The molecule has 0 atom stereocenters. The molecule has 8 nitrogen and oxygen atoms in total. The van der Waals surface area contributed by atoms with Crippen LogP contribution in [0.4, 0.5) is 5.69 Å². The SMILES string of the molecule is CC(C)C(=O)Nc1cncc(-c2ccc3[nH]nc(-c4cc5c(-c6ccccn6)cncc5[nH]4)c3c2)c1. The lowest BCUT2D eigenvalue weighted by molar-refractivity contribution is -0.118. The Morgan fingerprint density at radius 1 is 0.889 bits per heavy atom. The Morgan fingerprint density at radius 3 is 2.61 bits per heavy atom. The second kappa shape index (κ2) is 8.74. The Balaban J connectivity index is 1.41. The first-order valence-electron chi connectivity index (χ1n) is 11.7. The second-order valence-electron chi connectivity index (χ2n) is 8.99. The summed E-state index contributed by atoms with van der Waals surface area (Å²) in [6.45, 7) is 3.72. The van der Waals surface area contributed by atoms with Crippen LogP contribution in [0.5, 0.6) is 0 Å². The molecule has 8 heteroatoms. The number of nitrogens with zero attached hydrogens (tertiary/aromatic N) is 4. The van der Waals surface area contributed by atoms with Crippen molar-refractivity contribution in [2.24, 2.45) is 5.92 Å². The number of rotatable bonds is 5. The van der Waals surface area contributed by atoms with Crippen molar-refractivity contribution in [2.45, 2.75) is 13.8 Å². The molecule has 0 aliphatic heterocycles. The van der Waals surface area contributed by atoms with E-state index in [0.29, 0.717) is 5.69 Å². The number of amides is 1. The van der Waals surface area contributed by atoms with E-state index in [0.717, 1.165) is 55.6 Å². The van der Waals surface area contributed by atoms with Gasteiger partial charge in [0.15, 0.2) is 0 Å². The van der Waals surface area contributed by atoms with Gasteiger partial charge in [0.05, 0.1) is 40.5 Å². The van der Waals surface area contributed by atoms with Crippen LogP contribution in [0.15, 0.2) is 79.5 Å². The van der Waals surface area contributed by atoms with Gasteiger partial charge in [0.1, 0.15) is 5.69 Å². The van der Waals surface area contributed by atoms with Crippen molar-refractivity contribution in [1.82, 2.24) is 30.1 Å². The molecule has 5 heterocycles. The fraction of sp³-hybridized carbons (Fsp3) is 0.107. The van der Waals surface area contributed by atoms with Gasteiger partial charge in [-0.2, -0.15) is 5.10 Å². The maximum atomic E-state index is 12.1. The minimum absolute atomic E-state index is 0.0418. The molecule has 1 aromatic carbocycles. The van der Waals surface area contributed by atoms with Crippen molar-refractivity contribution in [2.75, 3.05) is 5.32 Å². The highest BCUT2D eigenvalue weighted by atomic mass is 16.1. The first-order chi connectivity index (χ1) is 17.6. The number of anilines is 1. The fourth-order valence-electron chi connectivity index (χ4n) is 4.26. The van der Waals surface area contributed by atoms with Crippen molar-refractivity contribution in [3.8, 4) is 33.8 Å². The smallest absolute Gasteiger partial charge is 0.226 e. The lowest BCUT2D eigenvalue weighted by atomic mass is 10.0. The summed E-state index contributed by atoms with van der Waals surface area (Å²) in [5, 5.41) is 12.7. The van der Waals surface area contributed by atoms with Crippen LogP contribution in [-0.2, 0) is 4.79 Å². The summed E-state index contributed by atoms with van der Waals surface area (Å²) in [7, 11) is 0. The number of nitrogens with one attached hydrogen (secondary N) is 3. The second-order valence-corrected chi connectivity index (χ2v) is 8.99. The third-order valence-corrected chi connectivity index (χ3v) is 6.17. The number of hydrogen-bond acceptors (Lipinski definition) is 5. The maximum Gasteiger partial charge on any atom is 0.226 e. The Kier molecular flexibility index (Phi) is 5.26. The molecule has 6 aromatic rings. The Labute approximate surface area is 206 Å². The molecule has 0 aliphatic rings. The number of benzene rings is 1. The van der Waals surface area contributed by atoms with Gasteiger partial charge >= 0.3 is 0 Å². The number of H-pyrrole nitrogens is 2. The van der Waals surface area contributed by atoms with Gasteiger partial charge in [-0.1, -0.05) is 26.0 Å². The molecule has 3 N–H and O–H groups in total. The molecule has 36 heavy (non-hydrogen) atoms. The summed E-state index contributed by atoms with van der Waals surface area (Å²) < 4.78 is 0. The third kappa shape index (κ3) is 3.88. The van der Waals surface area contributed by atoms with Gasteiger partial charge in [0.25, 0.3) is 0 Å². The zero-order valence-electron chi connectivity index (χ0n) is 19.8. The van der Waals surface area contributed by atoms with Crippen LogP contribution in [0.25, 0.3) is 55.6 Å². The molecule has 0 unspecified atom stereocenters. The van der Waals surface area contributed by atoms with E-state index < -0.39 is 0 Å². The zero-order valence-corrected chi connectivity index (χ0v) is 19.8. The quantitative estimate of drug-likeness (QED) is 0.292. The molecular formula is C28H23N7O. The topological polar surface area (TPSA) is 112 Å². The van der Waals surface area contributed by atoms with Gasteiger partial charge < -0.3 is 10.3 Å². The third-order valence-electron chi connectivity index (χ3n) is 6.17. The van der Waals surface area contributed by atoms with E-state index in [1.165, 1.54) is 0 Å². The highest BCUT2D eigenvalue weighted by molar-refractivity contribution is 6.01. The number of fused-ring (bicyclic) bond motifs is 2. The lowest BCUT2D eigenvalue weighted by Gasteiger charge is -2.09. The van der Waals surface area contributed by atoms with Gasteiger partial charge in [-0.3, -0.25) is 24.8 Å². The van der Waals surface area contributed by atoms with Gasteiger partial charge in [0, 0.05) is 46.4 Å². The average Bonchev–Trinajstić information content (AvgIpc) is 3.53. The van der Waals surface area contributed by atoms with E-state index >= 15 is 0 Å². The standard InChI is InChI=1S/C28H23N7O/c1-16(2)28(36)32-19-9-18(12-29-13-19)17-6-7-24-21(10-17)27(35-34-24)25-11-20-22(14-30-15-26(20)33-25)23-5-3-4-8-31-23/h3-16,33H,1-2H3,(H,32,36)(H,34,35). The first kappa shape index (κ1) is 21.7. The van der Waals surface area contributed by atoms with E-state index in [4.69, 9.17) is 0 Å². The van der Waals surface area contributed by atoms with Crippen LogP contribution >= 0.6 is 0 Å². The van der Waals surface area contributed by atoms with Crippen molar-refractivity contribution >= 4 is 33.4 Å². The summed E-state index contributed by atoms with van der Waals surface area (Å²) in [4.78, 5) is 28.8. The fourth-order valence-corrected chi connectivity index (χ4v) is 4.26. The summed E-state index contributed by atoms with van der Waals surface area (Å²) in [6.07, 6.45) is 8.88. The summed E-state index contributed by atoms with van der Waals surface area (Å²) >= 11 is 0. The molecule has 5 aromatic heterocycles. The normalized spacial score (nSPS) is 11.4. The number of pyridine rings is 3. The Hall–Kier alpha value is -4.85. The maximum absolute atomic E-state index is 12.1. The van der Waals surface area contributed by atoms with Crippen LogP contribution in [0.3, 0.4) is 0 Å². The van der Waals surface area contributed by atoms with Crippen LogP contribution in [-0.4, -0.2) is 36.0 Å². The van der Waals surface area contributed by atoms with E-state index in [9.17, 15) is 4.79 Å². The number of hydrogen-bond donors (Lipinski definition) is 3. The molecule has 1 amide bonds. The summed E-state index contributed by atoms with van der Waals surface area (Å²) in [5.74, 6) is -0.150. The Morgan fingerprint density at radius 2 is 1.78 bits per heavy atom. The molecule has 0 bridgehead atoms. The van der Waals surface area contributed by atoms with E-state index in [1.54, 1.807) is 18.6 Å². The highest BCUT2D eigenvalue weighted by Gasteiger charge is 2.15. The zero-order chi connectivity index (χ0) is 24.6. The summed E-state index contributed by atoms with van der Waals surface area (Å²) in [5.41, 5.74) is 7.92. The van der Waals surface area contributed by atoms with Gasteiger partial charge in [-0.15, -0.1) is 0 Å². The summed E-state index contributed by atoms with van der Waals surface area (Å²) in [6, 6.07) is 16.0. The molecule has 0 spiro atoms. The van der Waals surface area contributed by atoms with Crippen molar-refractivity contribution in [3.63, 3.8) is 0 Å². The number of carbonyl (C=O) groups excluding carboxylic acids is 1. The molecule has 0 fully saturated rings. The van der Waals surface area contributed by atoms with Crippen LogP contribution in [0, 0.1) is 5.92 Å². The molecule has 176 valence electrons. The number of aromatic amines is 2. The molecule has 0 saturated carbocycles. The highest BCUT2D eigenvalue weighted by Crippen LogP contribution is 2.34. The predicted molar refractivity (Wildman–Crippen MR) is 141 cm³/mol. The minimum Gasteiger partial charge on any atom is -0.352 e. The molecule has 0 aliphatic carbocycles. The minimum atomic E-state index is -0.108. The van der Waals surface area contributed by atoms with Gasteiger partial charge in [-0.25, -0.2) is 0 Å². The number of carbonyl (C=O) groups is 1. The van der Waals surface area contributed by atoms with E-state index in [-0.39, 0.29) is 11.8 Å². The van der Waals surface area contributed by atoms with E-state index in [1.807, 2.05) is 62.6 Å². The lowest BCUT2D eigenvalue weighted by Crippen LogP contribution is -2.17. The molecule has 0 radical (unpaired) electrons. The van der Waals surface area contributed by atoms with Crippen molar-refractivity contribution in [1.29, 1.82) is 0 Å². The predicted octanol–water partition coefficient (Wildman–Crippen LogP) is 5.82. The van der Waals surface area contributed by atoms with Gasteiger partial charge in [-0.05, 0) is 42.0 Å². The monoisotopic (exact) mass is 473 g/mol. The van der Waals surface area contributed by atoms with Crippen LogP contribution < -0.4 is 5.32 Å². The largest absolute Gasteiger partial charge is 0.352 e. The van der Waals surface area contributed by atoms with Crippen molar-refractivity contribution in [3.05, 3.63) is 79.5 Å². The molecule has 6 rings (SSSR count).